The van der Waals surface area contributed by atoms with Crippen LogP contribution in [0, 0.1) is 0 Å². The lowest BCUT2D eigenvalue weighted by molar-refractivity contribution is -0.251. The van der Waals surface area contributed by atoms with Gasteiger partial charge in [0.05, 0.1) is 43.3 Å². The molecule has 90 heavy (non-hydrogen) atoms. The van der Waals surface area contributed by atoms with E-state index < -0.39 is 128 Å². The first-order valence-electron chi connectivity index (χ1n) is 31.5. The van der Waals surface area contributed by atoms with Crippen LogP contribution >= 0.6 is 0 Å². The third-order valence-electron chi connectivity index (χ3n) is 18.5. The van der Waals surface area contributed by atoms with Crippen LogP contribution in [0.15, 0.2) is 152 Å². The van der Waals surface area contributed by atoms with Crippen LogP contribution in [0.1, 0.15) is 167 Å². The van der Waals surface area contributed by atoms with Gasteiger partial charge in [-0.15, -0.1) is 0 Å². The van der Waals surface area contributed by atoms with Crippen LogP contribution in [0.4, 0.5) is 0 Å². The second-order valence-electron chi connectivity index (χ2n) is 26.6. The van der Waals surface area contributed by atoms with Gasteiger partial charge in [0, 0.05) is 34.7 Å². The maximum Gasteiger partial charge on any atom is 0.243 e. The molecule has 6 unspecified atom stereocenters. The van der Waals surface area contributed by atoms with Crippen LogP contribution in [-0.2, 0) is 33.6 Å². The van der Waals surface area contributed by atoms with Gasteiger partial charge in [0.15, 0.2) is 0 Å². The predicted octanol–water partition coefficient (Wildman–Crippen LogP) is 9.27. The van der Waals surface area contributed by atoms with Crippen molar-refractivity contribution in [2.24, 2.45) is 5.73 Å². The Balaban J connectivity index is 1.26. The zero-order valence-corrected chi connectivity index (χ0v) is 54.7. The highest BCUT2D eigenvalue weighted by Crippen LogP contribution is 2.40. The highest BCUT2D eigenvalue weighted by atomic mass is 16.5. The van der Waals surface area contributed by atoms with E-state index in [9.17, 15) is 24.8 Å². The summed E-state index contributed by atoms with van der Waals surface area (Å²) >= 11 is 0. The van der Waals surface area contributed by atoms with Crippen LogP contribution in [0.5, 0.6) is 0 Å². The van der Waals surface area contributed by atoms with Crippen molar-refractivity contribution in [3.63, 3.8) is 0 Å². The lowest BCUT2D eigenvalue weighted by atomic mass is 9.78. The zero-order chi connectivity index (χ0) is 65.8. The molecule has 0 bridgehead atoms. The third-order valence-corrected chi connectivity index (χ3v) is 18.5. The Bertz CT molecular complexity index is 3190. The molecular weight excluding hydrogens is 1140 g/mol. The Hall–Kier alpha value is -7.81. The van der Waals surface area contributed by atoms with Gasteiger partial charge in [-0.25, -0.2) is 0 Å². The molecule has 2 saturated heterocycles. The van der Waals surface area contributed by atoms with E-state index in [2.05, 4.69) is 5.32 Å². The molecule has 2 heterocycles. The number of piperidine rings is 2. The van der Waals surface area contributed by atoms with Gasteiger partial charge in [0.1, 0.15) is 32.7 Å². The SMILES string of the molecule is CC(c1ccccc1)N(CC(N)=O)C(=O)CN(C(=O)CN(C(=O)CN(C(=O)CN(C(=O)CN(C(=O)CNC1CC(C)N(O)C(C)(C)C1)C(C)c1ccccc1)[C@H](C)c1ccccc1)C(C)c1ccccc1)C1CC(C)(C)N(O)C(C)(C)C1)C(C)c1ccccc1. The Morgan fingerprint density at radius 1 is 0.444 bits per heavy atom. The molecule has 7 rings (SSSR count). The molecule has 7 atom stereocenters. The Kier molecular flexibility index (Phi) is 23.5. The van der Waals surface area contributed by atoms with Gasteiger partial charge in [-0.1, -0.05) is 152 Å². The monoisotopic (exact) mass is 1230 g/mol. The number of hydrogen-bond donors (Lipinski definition) is 4. The van der Waals surface area contributed by atoms with Gasteiger partial charge in [0.2, 0.25) is 41.4 Å². The average molecular weight is 1230 g/mol. The summed E-state index contributed by atoms with van der Waals surface area (Å²) in [5.41, 5.74) is 7.08. The van der Waals surface area contributed by atoms with Gasteiger partial charge < -0.3 is 50.9 Å². The summed E-state index contributed by atoms with van der Waals surface area (Å²) in [4.78, 5) is 114. The third kappa shape index (κ3) is 17.4. The van der Waals surface area contributed by atoms with Crippen molar-refractivity contribution in [3.05, 3.63) is 179 Å². The van der Waals surface area contributed by atoms with Gasteiger partial charge >= 0.3 is 0 Å². The molecule has 2 fully saturated rings. The van der Waals surface area contributed by atoms with E-state index in [0.29, 0.717) is 24.0 Å². The fraction of sp³-hybridized carbons (Fsp3) is 0.479. The molecule has 0 spiro atoms. The van der Waals surface area contributed by atoms with Crippen molar-refractivity contribution in [2.75, 3.05) is 45.8 Å². The minimum Gasteiger partial charge on any atom is -0.368 e. The number of benzene rings is 5. The molecule has 7 amide bonds. The molecule has 2 aliphatic rings. The molecule has 5 N–H and O–H groups in total. The Morgan fingerprint density at radius 3 is 1.04 bits per heavy atom. The molecule has 19 nitrogen and oxygen atoms in total. The first-order chi connectivity index (χ1) is 42.5. The van der Waals surface area contributed by atoms with E-state index in [4.69, 9.17) is 5.73 Å². The normalized spacial score (nSPS) is 19.0. The lowest BCUT2D eigenvalue weighted by Gasteiger charge is -2.53. The van der Waals surface area contributed by atoms with Crippen molar-refractivity contribution in [2.45, 2.75) is 174 Å². The molecule has 2 aliphatic heterocycles. The highest BCUT2D eigenvalue weighted by molar-refractivity contribution is 5.93. The maximum absolute atomic E-state index is 16.0. The van der Waals surface area contributed by atoms with Gasteiger partial charge in [0.25, 0.3) is 0 Å². The molecule has 0 radical (unpaired) electrons. The highest BCUT2D eigenvalue weighted by Gasteiger charge is 2.49. The summed E-state index contributed by atoms with van der Waals surface area (Å²) in [6, 6.07) is 42.0. The molecule has 0 aromatic heterocycles. The number of rotatable bonds is 26. The number of carbonyl (C=O) groups is 7. The molecular formula is C71H96N10O9. The first kappa shape index (κ1) is 69.7. The number of nitrogens with one attached hydrogen (secondary N) is 1. The fourth-order valence-electron chi connectivity index (χ4n) is 13.3. The van der Waals surface area contributed by atoms with E-state index >= 15 is 19.2 Å². The van der Waals surface area contributed by atoms with Gasteiger partial charge in [-0.05, 0) is 137 Å². The van der Waals surface area contributed by atoms with Crippen LogP contribution in [0.3, 0.4) is 0 Å². The van der Waals surface area contributed by atoms with E-state index in [1.165, 1.54) is 39.5 Å². The predicted molar refractivity (Wildman–Crippen MR) is 347 cm³/mol. The fourth-order valence-corrected chi connectivity index (χ4v) is 13.3. The molecule has 0 aliphatic carbocycles. The number of carbonyl (C=O) groups excluding carboxylic acids is 7. The van der Waals surface area contributed by atoms with Crippen molar-refractivity contribution in [1.82, 2.24) is 44.8 Å². The smallest absolute Gasteiger partial charge is 0.243 e. The summed E-state index contributed by atoms with van der Waals surface area (Å²) in [6.07, 6.45) is 1.60. The first-order valence-corrected chi connectivity index (χ1v) is 31.5. The van der Waals surface area contributed by atoms with E-state index in [1.807, 2.05) is 221 Å². The van der Waals surface area contributed by atoms with Crippen molar-refractivity contribution >= 4 is 41.4 Å². The number of nitrogens with zero attached hydrogens (tertiary/aromatic N) is 8. The van der Waals surface area contributed by atoms with Crippen LogP contribution in [0.25, 0.3) is 0 Å². The van der Waals surface area contributed by atoms with Crippen LogP contribution in [-0.4, -0.2) is 172 Å². The van der Waals surface area contributed by atoms with Crippen LogP contribution < -0.4 is 11.1 Å². The minimum atomic E-state index is -0.915. The number of amides is 7. The molecule has 5 aromatic rings. The summed E-state index contributed by atoms with van der Waals surface area (Å²) < 4.78 is 0. The number of nitrogens with two attached hydrogens (primary N) is 1. The second-order valence-corrected chi connectivity index (χ2v) is 26.6. The molecule has 19 heteroatoms. The molecule has 5 aromatic carbocycles. The number of hydroxylamine groups is 4. The van der Waals surface area contributed by atoms with E-state index in [1.54, 1.807) is 13.8 Å². The Labute approximate surface area is 532 Å². The van der Waals surface area contributed by atoms with Crippen molar-refractivity contribution in [1.29, 1.82) is 0 Å². The summed E-state index contributed by atoms with van der Waals surface area (Å²) in [6.45, 7) is 19.4. The summed E-state index contributed by atoms with van der Waals surface area (Å²) in [5, 5.41) is 28.5. The maximum atomic E-state index is 16.0. The van der Waals surface area contributed by atoms with Gasteiger partial charge in [-0.3, -0.25) is 33.6 Å². The zero-order valence-electron chi connectivity index (χ0n) is 54.7. The standard InChI is InChI=1S/C71H96N10O9/c1-49-38-60(39-69(7,8)80(49)89)73-42-63(83)75(51(3)56-30-20-14-21-31-56)44-65(85)76(52(4)57-32-22-15-23-33-57)46-66(86)78(54(6)59-36-26-17-27-37-59)47-68(88)79(61-40-70(9,10)81(90)71(11,12)41-61)48-67(87)77(53(5)58-34-24-16-25-35-58)45-64(84)74(43-62(72)82)50(2)55-28-18-13-19-29-55/h13-37,49-54,60-61,73,89-90H,38-48H2,1-12H3,(H2,72,82)/t49?,50?,51?,52-,53?,54?,60?/m1/s1. The number of primary amides is 1. The lowest BCUT2D eigenvalue weighted by Crippen LogP contribution is -2.65. The topological polar surface area (TPSA) is 224 Å². The number of hydrogen-bond acceptors (Lipinski definition) is 12. The largest absolute Gasteiger partial charge is 0.368 e. The Morgan fingerprint density at radius 2 is 0.733 bits per heavy atom. The van der Waals surface area contributed by atoms with E-state index in [-0.39, 0.29) is 37.4 Å². The van der Waals surface area contributed by atoms with Gasteiger partial charge in [-0.2, -0.15) is 10.1 Å². The quantitative estimate of drug-likeness (QED) is 0.0407. The summed E-state index contributed by atoms with van der Waals surface area (Å²) in [7, 11) is 0. The van der Waals surface area contributed by atoms with Crippen molar-refractivity contribution < 1.29 is 44.0 Å². The van der Waals surface area contributed by atoms with Crippen molar-refractivity contribution in [3.8, 4) is 0 Å². The molecule has 0 saturated carbocycles. The average Bonchev–Trinajstić information content (AvgIpc) is 0.891. The summed E-state index contributed by atoms with van der Waals surface area (Å²) in [5.74, 6) is -3.90. The second kappa shape index (κ2) is 30.3. The van der Waals surface area contributed by atoms with E-state index in [0.717, 1.165) is 16.7 Å². The molecule has 484 valence electrons. The minimum absolute atomic E-state index is 0.0911. The van der Waals surface area contributed by atoms with Crippen LogP contribution in [0.2, 0.25) is 0 Å².